The average Bonchev–Trinajstić information content (AvgIpc) is 3.23. The summed E-state index contributed by atoms with van der Waals surface area (Å²) in [6, 6.07) is 23.2. The third kappa shape index (κ3) is 3.67. The van der Waals surface area contributed by atoms with Gasteiger partial charge in [0.15, 0.2) is 11.2 Å². The number of benzene rings is 3. The summed E-state index contributed by atoms with van der Waals surface area (Å²) >= 11 is 0. The molecule has 7 heteroatoms. The molecule has 0 bridgehead atoms. The monoisotopic (exact) mass is 440 g/mol. The van der Waals surface area contributed by atoms with Crippen LogP contribution in [0.2, 0.25) is 0 Å². The second-order valence-electron chi connectivity index (χ2n) is 7.92. The molecule has 33 heavy (non-hydrogen) atoms. The van der Waals surface area contributed by atoms with E-state index in [1.54, 1.807) is 22.8 Å². The van der Waals surface area contributed by atoms with E-state index in [0.29, 0.717) is 11.3 Å². The fourth-order valence-corrected chi connectivity index (χ4v) is 4.05. The summed E-state index contributed by atoms with van der Waals surface area (Å²) in [4.78, 5) is 31.6. The Morgan fingerprint density at radius 2 is 1.55 bits per heavy atom. The molecule has 0 unspecified atom stereocenters. The van der Waals surface area contributed by atoms with Crippen LogP contribution >= 0.6 is 0 Å². The van der Waals surface area contributed by atoms with Crippen molar-refractivity contribution >= 4 is 11.2 Å². The van der Waals surface area contributed by atoms with Gasteiger partial charge >= 0.3 is 5.69 Å². The smallest absolute Gasteiger partial charge is 0.320 e. The fourth-order valence-electron chi connectivity index (χ4n) is 4.05. The van der Waals surface area contributed by atoms with Gasteiger partial charge in [0.2, 0.25) is 0 Å². The van der Waals surface area contributed by atoms with Gasteiger partial charge in [0, 0.05) is 5.56 Å². The Morgan fingerprint density at radius 3 is 2.30 bits per heavy atom. The average molecular weight is 440 g/mol. The van der Waals surface area contributed by atoms with Crippen molar-refractivity contribution < 1.29 is 4.39 Å². The van der Waals surface area contributed by atoms with Crippen molar-refractivity contribution in [3.05, 3.63) is 129 Å². The Morgan fingerprint density at radius 1 is 0.848 bits per heavy atom. The van der Waals surface area contributed by atoms with Gasteiger partial charge < -0.3 is 4.57 Å². The number of para-hydroxylation sites is 1. The van der Waals surface area contributed by atoms with Crippen LogP contribution in [0.1, 0.15) is 16.7 Å². The van der Waals surface area contributed by atoms with Gasteiger partial charge in [-0.15, -0.1) is 0 Å². The maximum absolute atomic E-state index is 14.3. The molecular formula is C26H21FN4O2. The zero-order valence-corrected chi connectivity index (χ0v) is 18.0. The summed E-state index contributed by atoms with van der Waals surface area (Å²) in [7, 11) is 0. The minimum atomic E-state index is -0.471. The van der Waals surface area contributed by atoms with Gasteiger partial charge in [-0.1, -0.05) is 66.7 Å². The molecule has 0 fully saturated rings. The maximum atomic E-state index is 14.3. The molecule has 5 aromatic rings. The second kappa shape index (κ2) is 8.35. The molecule has 2 heterocycles. The number of rotatable bonds is 5. The zero-order valence-electron chi connectivity index (χ0n) is 18.0. The number of hydrogen-bond donors (Lipinski definition) is 0. The maximum Gasteiger partial charge on any atom is 0.337 e. The molecule has 0 aliphatic carbocycles. The highest BCUT2D eigenvalue weighted by Crippen LogP contribution is 2.18. The van der Waals surface area contributed by atoms with E-state index >= 15 is 0 Å². The molecule has 0 aliphatic rings. The number of imidazole rings is 1. The van der Waals surface area contributed by atoms with Gasteiger partial charge in [-0.25, -0.2) is 18.7 Å². The normalized spacial score (nSPS) is 11.2. The van der Waals surface area contributed by atoms with Crippen LogP contribution in [0.5, 0.6) is 0 Å². The van der Waals surface area contributed by atoms with Crippen molar-refractivity contribution in [1.82, 2.24) is 18.7 Å². The van der Waals surface area contributed by atoms with Gasteiger partial charge in [-0.05, 0) is 30.2 Å². The minimum absolute atomic E-state index is 0.116. The van der Waals surface area contributed by atoms with Crippen LogP contribution in [-0.2, 0) is 13.1 Å². The van der Waals surface area contributed by atoms with Gasteiger partial charge in [0.1, 0.15) is 5.82 Å². The first-order chi connectivity index (χ1) is 16.0. The first kappa shape index (κ1) is 20.6. The molecule has 6 nitrogen and oxygen atoms in total. The van der Waals surface area contributed by atoms with Crippen LogP contribution in [0.15, 0.2) is 94.8 Å². The van der Waals surface area contributed by atoms with Gasteiger partial charge in [0.05, 0.1) is 25.1 Å². The quantitative estimate of drug-likeness (QED) is 0.417. The van der Waals surface area contributed by atoms with E-state index in [4.69, 9.17) is 0 Å². The molecule has 2 aromatic heterocycles. The van der Waals surface area contributed by atoms with Crippen LogP contribution < -0.4 is 11.2 Å². The van der Waals surface area contributed by atoms with Crippen molar-refractivity contribution in [2.75, 3.05) is 0 Å². The molecule has 0 N–H and O–H groups in total. The first-order valence-corrected chi connectivity index (χ1v) is 10.6. The van der Waals surface area contributed by atoms with E-state index in [1.165, 1.54) is 21.5 Å². The number of hydrogen-bond acceptors (Lipinski definition) is 3. The number of nitrogens with zero attached hydrogens (tertiary/aromatic N) is 4. The number of fused-ring (bicyclic) bond motifs is 1. The van der Waals surface area contributed by atoms with E-state index in [1.807, 2.05) is 61.5 Å². The molecule has 0 saturated heterocycles. The highest BCUT2D eigenvalue weighted by Gasteiger charge is 2.20. The molecule has 5 rings (SSSR count). The van der Waals surface area contributed by atoms with E-state index in [0.717, 1.165) is 11.1 Å². The Balaban J connectivity index is 1.79. The largest absolute Gasteiger partial charge is 0.337 e. The van der Waals surface area contributed by atoms with Crippen LogP contribution in [0.3, 0.4) is 0 Å². The summed E-state index contributed by atoms with van der Waals surface area (Å²) in [6.45, 7) is 2.14. The van der Waals surface area contributed by atoms with Crippen LogP contribution in [-0.4, -0.2) is 18.7 Å². The van der Waals surface area contributed by atoms with Crippen molar-refractivity contribution in [3.63, 3.8) is 0 Å². The third-order valence-electron chi connectivity index (χ3n) is 5.74. The summed E-state index contributed by atoms with van der Waals surface area (Å²) in [6.07, 6.45) is 1.49. The van der Waals surface area contributed by atoms with E-state index < -0.39 is 11.2 Å². The van der Waals surface area contributed by atoms with Crippen LogP contribution in [0.25, 0.3) is 16.9 Å². The Kier molecular flexibility index (Phi) is 5.22. The fraction of sp³-hybridized carbons (Fsp3) is 0.115. The third-order valence-corrected chi connectivity index (χ3v) is 5.74. The highest BCUT2D eigenvalue weighted by molar-refractivity contribution is 5.73. The molecule has 0 amide bonds. The standard InChI is InChI=1S/C26H21FN4O2/c1-18-9-5-8-14-22(18)31-24-23(29(17-28-24)16-20-12-6-7-13-21(20)27)25(32)30(26(31)33)15-19-10-3-2-4-11-19/h2-14,17H,15-16H2,1H3. The predicted octanol–water partition coefficient (Wildman–Crippen LogP) is 3.89. The Labute approximate surface area is 188 Å². The van der Waals surface area contributed by atoms with Crippen molar-refractivity contribution in [1.29, 1.82) is 0 Å². The summed E-state index contributed by atoms with van der Waals surface area (Å²) < 4.78 is 18.6. The highest BCUT2D eigenvalue weighted by atomic mass is 19.1. The Bertz CT molecular complexity index is 1580. The molecule has 3 aromatic carbocycles. The lowest BCUT2D eigenvalue weighted by Crippen LogP contribution is -2.40. The molecule has 0 radical (unpaired) electrons. The number of aromatic nitrogens is 4. The minimum Gasteiger partial charge on any atom is -0.320 e. The summed E-state index contributed by atoms with van der Waals surface area (Å²) in [5.74, 6) is -0.365. The van der Waals surface area contributed by atoms with Gasteiger partial charge in [0.25, 0.3) is 5.56 Å². The molecule has 0 spiro atoms. The van der Waals surface area contributed by atoms with Crippen molar-refractivity contribution in [3.8, 4) is 5.69 Å². The SMILES string of the molecule is Cc1ccccc1-n1c(=O)n(Cc2ccccc2)c(=O)c2c1ncn2Cc1ccccc1F. The Hall–Kier alpha value is -4.26. The lowest BCUT2D eigenvalue weighted by Gasteiger charge is -2.14. The molecular weight excluding hydrogens is 419 g/mol. The van der Waals surface area contributed by atoms with E-state index in [2.05, 4.69) is 4.98 Å². The molecule has 0 saturated carbocycles. The van der Waals surface area contributed by atoms with Crippen molar-refractivity contribution in [2.45, 2.75) is 20.0 Å². The lowest BCUT2D eigenvalue weighted by atomic mass is 10.2. The van der Waals surface area contributed by atoms with Crippen LogP contribution in [0, 0.1) is 12.7 Å². The topological polar surface area (TPSA) is 61.8 Å². The first-order valence-electron chi connectivity index (χ1n) is 10.6. The van der Waals surface area contributed by atoms with Gasteiger partial charge in [-0.3, -0.25) is 9.36 Å². The molecule has 164 valence electrons. The van der Waals surface area contributed by atoms with E-state index in [9.17, 15) is 14.0 Å². The lowest BCUT2D eigenvalue weighted by molar-refractivity contribution is 0.600. The van der Waals surface area contributed by atoms with Crippen LogP contribution in [0.4, 0.5) is 4.39 Å². The zero-order chi connectivity index (χ0) is 22.9. The van der Waals surface area contributed by atoms with E-state index in [-0.39, 0.29) is 30.1 Å². The molecule has 0 aliphatic heterocycles. The second-order valence-corrected chi connectivity index (χ2v) is 7.92. The number of halogens is 1. The molecule has 0 atom stereocenters. The summed E-state index contributed by atoms with van der Waals surface area (Å²) in [5.41, 5.74) is 2.34. The van der Waals surface area contributed by atoms with Crippen molar-refractivity contribution in [2.24, 2.45) is 0 Å². The number of aryl methyl sites for hydroxylation is 1. The predicted molar refractivity (Wildman–Crippen MR) is 125 cm³/mol. The van der Waals surface area contributed by atoms with Gasteiger partial charge in [-0.2, -0.15) is 0 Å². The summed E-state index contributed by atoms with van der Waals surface area (Å²) in [5, 5.41) is 0.